The summed E-state index contributed by atoms with van der Waals surface area (Å²) in [6.45, 7) is 0. The molecule has 0 aromatic heterocycles. The molecule has 1 atom stereocenters. The first-order chi connectivity index (χ1) is 10.7. The summed E-state index contributed by atoms with van der Waals surface area (Å²) in [7, 11) is 0. The Morgan fingerprint density at radius 2 is 1.55 bits per heavy atom. The van der Waals surface area contributed by atoms with E-state index in [9.17, 15) is 10.1 Å². The first kappa shape index (κ1) is 15.5. The molecule has 0 amide bonds. The fourth-order valence-electron chi connectivity index (χ4n) is 2.08. The summed E-state index contributed by atoms with van der Waals surface area (Å²) in [5.74, 6) is -0.920. The Bertz CT molecular complexity index is 647. The van der Waals surface area contributed by atoms with Crippen LogP contribution in [0.25, 0.3) is 0 Å². The van der Waals surface area contributed by atoms with Crippen molar-refractivity contribution in [2.45, 2.75) is 18.9 Å². The lowest BCUT2D eigenvalue weighted by Crippen LogP contribution is -2.11. The number of rotatable bonds is 6. The molecule has 0 aliphatic heterocycles. The van der Waals surface area contributed by atoms with Crippen molar-refractivity contribution in [3.8, 4) is 6.07 Å². The van der Waals surface area contributed by atoms with E-state index in [1.165, 1.54) is 0 Å². The summed E-state index contributed by atoms with van der Waals surface area (Å²) < 4.78 is 0. The van der Waals surface area contributed by atoms with Gasteiger partial charge < -0.3 is 5.11 Å². The highest BCUT2D eigenvalue weighted by molar-refractivity contribution is 6.13. The molecule has 0 bridgehead atoms. The molecule has 0 saturated heterocycles. The monoisotopic (exact) mass is 292 g/mol. The largest absolute Gasteiger partial charge is 0.481 e. The molecule has 0 fully saturated rings. The zero-order chi connectivity index (χ0) is 15.8. The summed E-state index contributed by atoms with van der Waals surface area (Å²) in [4.78, 5) is 15.2. The van der Waals surface area contributed by atoms with Crippen LogP contribution in [0.1, 0.15) is 24.0 Å². The number of carboxylic acids is 1. The predicted octanol–water partition coefficient (Wildman–Crippen LogP) is 3.28. The minimum Gasteiger partial charge on any atom is -0.481 e. The number of aliphatic imine (C=N–C) groups is 1. The SMILES string of the molecule is N#CC(CCC(=O)O)N=C(c1ccccc1)c1ccccc1. The van der Waals surface area contributed by atoms with Crippen molar-refractivity contribution in [1.82, 2.24) is 0 Å². The molecule has 4 nitrogen and oxygen atoms in total. The van der Waals surface area contributed by atoms with Crippen molar-refractivity contribution in [1.29, 1.82) is 5.26 Å². The zero-order valence-corrected chi connectivity index (χ0v) is 12.0. The molecule has 2 aromatic carbocycles. The smallest absolute Gasteiger partial charge is 0.303 e. The minimum atomic E-state index is -0.920. The molecule has 0 saturated carbocycles. The van der Waals surface area contributed by atoms with Crippen LogP contribution in [0.2, 0.25) is 0 Å². The molecule has 1 unspecified atom stereocenters. The average Bonchev–Trinajstić information content (AvgIpc) is 2.56. The number of carbonyl (C=O) groups is 1. The van der Waals surface area contributed by atoms with Crippen molar-refractivity contribution in [3.63, 3.8) is 0 Å². The molecule has 2 rings (SSSR count). The highest BCUT2D eigenvalue weighted by atomic mass is 16.4. The topological polar surface area (TPSA) is 73.5 Å². The second-order valence-electron chi connectivity index (χ2n) is 4.79. The molecule has 110 valence electrons. The lowest BCUT2D eigenvalue weighted by Gasteiger charge is -2.10. The van der Waals surface area contributed by atoms with Crippen molar-refractivity contribution in [2.24, 2.45) is 4.99 Å². The van der Waals surface area contributed by atoms with Crippen molar-refractivity contribution in [2.75, 3.05) is 0 Å². The quantitative estimate of drug-likeness (QED) is 0.830. The van der Waals surface area contributed by atoms with Crippen molar-refractivity contribution in [3.05, 3.63) is 71.8 Å². The van der Waals surface area contributed by atoms with Gasteiger partial charge in [-0.05, 0) is 6.42 Å². The maximum Gasteiger partial charge on any atom is 0.303 e. The van der Waals surface area contributed by atoms with E-state index in [0.29, 0.717) is 5.71 Å². The van der Waals surface area contributed by atoms with Gasteiger partial charge in [0.2, 0.25) is 0 Å². The number of hydrogen-bond acceptors (Lipinski definition) is 3. The number of benzene rings is 2. The number of aliphatic carboxylic acids is 1. The van der Waals surface area contributed by atoms with Crippen LogP contribution in [0.5, 0.6) is 0 Å². The Hall–Kier alpha value is -2.93. The molecule has 22 heavy (non-hydrogen) atoms. The third-order valence-electron chi connectivity index (χ3n) is 3.16. The second-order valence-corrected chi connectivity index (χ2v) is 4.79. The predicted molar refractivity (Wildman–Crippen MR) is 84.8 cm³/mol. The molecule has 0 heterocycles. The van der Waals surface area contributed by atoms with Gasteiger partial charge in [-0.1, -0.05) is 60.7 Å². The Balaban J connectivity index is 2.38. The van der Waals surface area contributed by atoms with Crippen LogP contribution in [0, 0.1) is 11.3 Å². The van der Waals surface area contributed by atoms with Crippen LogP contribution in [-0.2, 0) is 4.79 Å². The van der Waals surface area contributed by atoms with Crippen LogP contribution < -0.4 is 0 Å². The van der Waals surface area contributed by atoms with Gasteiger partial charge in [-0.15, -0.1) is 0 Å². The maximum absolute atomic E-state index is 10.7. The Kier molecular flexibility index (Phi) is 5.44. The normalized spacial score (nSPS) is 11.2. The van der Waals surface area contributed by atoms with Crippen molar-refractivity contribution >= 4 is 11.7 Å². The van der Waals surface area contributed by atoms with Gasteiger partial charge in [-0.25, -0.2) is 0 Å². The summed E-state index contributed by atoms with van der Waals surface area (Å²) in [5.41, 5.74) is 2.52. The molecule has 0 aliphatic rings. The van der Waals surface area contributed by atoms with E-state index >= 15 is 0 Å². The molecular weight excluding hydrogens is 276 g/mol. The molecule has 0 aliphatic carbocycles. The van der Waals surface area contributed by atoms with E-state index in [0.717, 1.165) is 11.1 Å². The molecular formula is C18H16N2O2. The van der Waals surface area contributed by atoms with Crippen LogP contribution >= 0.6 is 0 Å². The molecule has 0 radical (unpaired) electrons. The summed E-state index contributed by atoms with van der Waals surface area (Å²) in [6, 6.07) is 20.6. The maximum atomic E-state index is 10.7. The van der Waals surface area contributed by atoms with Crippen LogP contribution in [0.15, 0.2) is 65.7 Å². The van der Waals surface area contributed by atoms with Gasteiger partial charge in [0, 0.05) is 17.5 Å². The van der Waals surface area contributed by atoms with Crippen LogP contribution in [-0.4, -0.2) is 22.8 Å². The van der Waals surface area contributed by atoms with E-state index in [-0.39, 0.29) is 12.8 Å². The fraction of sp³-hybridized carbons (Fsp3) is 0.167. The summed E-state index contributed by atoms with van der Waals surface area (Å²) in [5, 5.41) is 18.0. The van der Waals surface area contributed by atoms with E-state index in [4.69, 9.17) is 5.11 Å². The van der Waals surface area contributed by atoms with Crippen molar-refractivity contribution < 1.29 is 9.90 Å². The number of carboxylic acid groups (broad SMARTS) is 1. The Labute approximate surface area is 129 Å². The third kappa shape index (κ3) is 4.29. The lowest BCUT2D eigenvalue weighted by atomic mass is 10.0. The Morgan fingerprint density at radius 1 is 1.05 bits per heavy atom. The number of nitriles is 1. The lowest BCUT2D eigenvalue weighted by molar-refractivity contribution is -0.137. The minimum absolute atomic E-state index is 0.0708. The Morgan fingerprint density at radius 3 is 1.95 bits per heavy atom. The molecule has 2 aromatic rings. The first-order valence-electron chi connectivity index (χ1n) is 7.00. The van der Waals surface area contributed by atoms with Crippen LogP contribution in [0.3, 0.4) is 0 Å². The van der Waals surface area contributed by atoms with Gasteiger partial charge in [0.25, 0.3) is 0 Å². The van der Waals surface area contributed by atoms with Gasteiger partial charge in [0.05, 0.1) is 11.8 Å². The second kappa shape index (κ2) is 7.75. The van der Waals surface area contributed by atoms with Crippen LogP contribution in [0.4, 0.5) is 0 Å². The summed E-state index contributed by atoms with van der Waals surface area (Å²) >= 11 is 0. The van der Waals surface area contributed by atoms with Gasteiger partial charge in [-0.2, -0.15) is 5.26 Å². The summed E-state index contributed by atoms with van der Waals surface area (Å²) in [6.07, 6.45) is 0.133. The zero-order valence-electron chi connectivity index (χ0n) is 12.0. The fourth-order valence-corrected chi connectivity index (χ4v) is 2.08. The number of hydrogen-bond donors (Lipinski definition) is 1. The average molecular weight is 292 g/mol. The van der Waals surface area contributed by atoms with E-state index in [1.54, 1.807) is 0 Å². The first-order valence-corrected chi connectivity index (χ1v) is 7.00. The standard InChI is InChI=1S/C18H16N2O2/c19-13-16(11-12-17(21)22)20-18(14-7-3-1-4-8-14)15-9-5-2-6-10-15/h1-10,16H,11-12H2,(H,21,22). The van der Waals surface area contributed by atoms with Gasteiger partial charge in [0.1, 0.15) is 6.04 Å². The highest BCUT2D eigenvalue weighted by Gasteiger charge is 2.12. The van der Waals surface area contributed by atoms with Gasteiger partial charge in [-0.3, -0.25) is 9.79 Å². The van der Waals surface area contributed by atoms with E-state index in [1.807, 2.05) is 60.7 Å². The molecule has 1 N–H and O–H groups in total. The van der Waals surface area contributed by atoms with Gasteiger partial charge in [0.15, 0.2) is 0 Å². The molecule has 4 heteroatoms. The number of nitrogens with zero attached hydrogens (tertiary/aromatic N) is 2. The van der Waals surface area contributed by atoms with Gasteiger partial charge >= 0.3 is 5.97 Å². The molecule has 0 spiro atoms. The van der Waals surface area contributed by atoms with E-state index < -0.39 is 12.0 Å². The third-order valence-corrected chi connectivity index (χ3v) is 3.16. The highest BCUT2D eigenvalue weighted by Crippen LogP contribution is 2.13. The van der Waals surface area contributed by atoms with E-state index in [2.05, 4.69) is 11.1 Å².